The number of hydrogen-bond acceptors (Lipinski definition) is 5. The molecule has 0 aromatic carbocycles. The summed E-state index contributed by atoms with van der Waals surface area (Å²) in [5.74, 6) is -0.778. The second kappa shape index (κ2) is 18.5. The van der Waals surface area contributed by atoms with Crippen molar-refractivity contribution in [3.63, 3.8) is 0 Å². The van der Waals surface area contributed by atoms with Gasteiger partial charge in [0.1, 0.15) is 5.94 Å². The molecule has 11 heavy (non-hydrogen) atoms. The molecule has 2 N–H and O–H groups in total. The molecule has 0 fully saturated rings. The largest absolute Gasteiger partial charge is 1.00 e. The van der Waals surface area contributed by atoms with Crippen molar-refractivity contribution < 1.29 is 108 Å². The summed E-state index contributed by atoms with van der Waals surface area (Å²) >= 11 is -5.13. The summed E-state index contributed by atoms with van der Waals surface area (Å²) in [5, 5.41) is 7.53. The van der Waals surface area contributed by atoms with E-state index in [1.807, 2.05) is 0 Å². The predicted molar refractivity (Wildman–Crippen MR) is 27.6 cm³/mol. The molecule has 0 amide bonds. The van der Waals surface area contributed by atoms with Gasteiger partial charge in [0.15, 0.2) is 0 Å². The van der Waals surface area contributed by atoms with E-state index in [1.54, 1.807) is 0 Å². The Balaban J connectivity index is -0.0000000383. The van der Waals surface area contributed by atoms with Gasteiger partial charge in [-0.25, -0.2) is 4.21 Å². The zero-order valence-electron chi connectivity index (χ0n) is 6.05. The summed E-state index contributed by atoms with van der Waals surface area (Å²) in [6.45, 7) is 0. The van der Waals surface area contributed by atoms with Crippen molar-refractivity contribution in [2.75, 3.05) is 5.94 Å². The number of hydrogen-bond donors (Lipinski definition) is 2. The predicted octanol–water partition coefficient (Wildman–Crippen LogP) is -7.84. The van der Waals surface area contributed by atoms with Gasteiger partial charge in [0.05, 0.1) is 11.4 Å². The fourth-order valence-electron chi connectivity index (χ4n) is 0. The quantitative estimate of drug-likeness (QED) is 0.346. The average molecular weight is 238 g/mol. The first kappa shape index (κ1) is 23.5. The third-order valence-electron chi connectivity index (χ3n) is 0.105. The van der Waals surface area contributed by atoms with Crippen LogP contribution < -0.4 is 80.9 Å². The molecule has 2 atom stereocenters. The van der Waals surface area contributed by atoms with Crippen molar-refractivity contribution in [2.45, 2.75) is 0 Å². The van der Waals surface area contributed by atoms with Crippen LogP contribution in [0.2, 0.25) is 0 Å². The Hall–Kier alpha value is 2.78. The minimum absolute atomic E-state index is 0. The first-order valence-electron chi connectivity index (χ1n) is 1.45. The number of aliphatic hydroxyl groups is 1. The average Bonchev–Trinajstić information content (AvgIpc) is 1.65. The molecule has 0 rings (SSSR count). The molecule has 10 heteroatoms. The Morgan fingerprint density at radius 1 is 1.27 bits per heavy atom. The Labute approximate surface area is 134 Å². The van der Waals surface area contributed by atoms with Crippen LogP contribution >= 0.6 is 0 Å². The summed E-state index contributed by atoms with van der Waals surface area (Å²) in [4.78, 5) is 0. The van der Waals surface area contributed by atoms with Crippen molar-refractivity contribution in [1.82, 2.24) is 0 Å². The van der Waals surface area contributed by atoms with E-state index < -0.39 is 28.4 Å². The molecule has 0 saturated heterocycles. The van der Waals surface area contributed by atoms with Gasteiger partial charge in [0.25, 0.3) is 0 Å². The van der Waals surface area contributed by atoms with Crippen molar-refractivity contribution in [3.05, 3.63) is 0 Å². The molecular weight excluding hydrogens is 234 g/mol. The van der Waals surface area contributed by atoms with Gasteiger partial charge in [0, 0.05) is 0 Å². The first-order chi connectivity index (χ1) is 4.00. The molecule has 0 bridgehead atoms. The van der Waals surface area contributed by atoms with Crippen LogP contribution in [-0.2, 0) is 22.4 Å². The monoisotopic (exact) mass is 238 g/mol. The minimum atomic E-state index is -2.86. The van der Waals surface area contributed by atoms with Gasteiger partial charge < -0.3 is 18.8 Å². The van der Waals surface area contributed by atoms with Gasteiger partial charge in [0.2, 0.25) is 0 Å². The minimum Gasteiger partial charge on any atom is -0.771 e. The number of rotatable bonds is 1. The van der Waals surface area contributed by atoms with E-state index in [2.05, 4.69) is 0 Å². The second-order valence-corrected chi connectivity index (χ2v) is 1.95. The first-order valence-corrected chi connectivity index (χ1v) is 3.73. The SMILES string of the molecule is O=S([O-])CO.O=S([O-])O.[K+].[Na+]. The topological polar surface area (TPSA) is 121 Å². The summed E-state index contributed by atoms with van der Waals surface area (Å²) in [7, 11) is 0. The van der Waals surface area contributed by atoms with Crippen LogP contribution in [0.3, 0.4) is 0 Å². The van der Waals surface area contributed by atoms with Crippen LogP contribution in [0.25, 0.3) is 0 Å². The van der Waals surface area contributed by atoms with Gasteiger partial charge >= 0.3 is 80.9 Å². The summed E-state index contributed by atoms with van der Waals surface area (Å²) in [6.07, 6.45) is 0. The van der Waals surface area contributed by atoms with Crippen LogP contribution in [-0.4, -0.2) is 33.1 Å². The fourth-order valence-corrected chi connectivity index (χ4v) is 0. The molecule has 58 valence electrons. The van der Waals surface area contributed by atoms with E-state index >= 15 is 0 Å². The van der Waals surface area contributed by atoms with Gasteiger partial charge in [-0.2, -0.15) is 0 Å². The molecule has 0 saturated carbocycles. The third kappa shape index (κ3) is 65.0. The molecule has 0 aromatic heterocycles. The van der Waals surface area contributed by atoms with Crippen LogP contribution in [0.15, 0.2) is 0 Å². The third-order valence-corrected chi connectivity index (χ3v) is 0.316. The normalized spacial score (nSPS) is 12.4. The van der Waals surface area contributed by atoms with Gasteiger partial charge in [-0.05, 0) is 11.1 Å². The summed E-state index contributed by atoms with van der Waals surface area (Å²) in [5.41, 5.74) is 0. The summed E-state index contributed by atoms with van der Waals surface area (Å²) < 4.78 is 42.3. The van der Waals surface area contributed by atoms with Crippen molar-refractivity contribution in [2.24, 2.45) is 0 Å². The van der Waals surface area contributed by atoms with E-state index in [1.165, 1.54) is 0 Å². The van der Waals surface area contributed by atoms with Gasteiger partial charge in [-0.1, -0.05) is 0 Å². The Bertz CT molecular complexity index is 105. The molecule has 0 spiro atoms. The molecule has 0 radical (unpaired) electrons. The maximum absolute atomic E-state index is 9.12. The Kier molecular flexibility index (Phi) is 39.7. The second-order valence-electron chi connectivity index (χ2n) is 0.650. The molecular formula is CH4KNaO6S2. The van der Waals surface area contributed by atoms with E-state index in [4.69, 9.17) is 27.2 Å². The zero-order chi connectivity index (χ0) is 7.86. The van der Waals surface area contributed by atoms with Crippen LogP contribution in [0.4, 0.5) is 0 Å². The van der Waals surface area contributed by atoms with Crippen LogP contribution in [0.5, 0.6) is 0 Å². The van der Waals surface area contributed by atoms with Crippen molar-refractivity contribution in [3.8, 4) is 0 Å². The molecule has 6 nitrogen and oxygen atoms in total. The van der Waals surface area contributed by atoms with E-state index in [0.717, 1.165) is 0 Å². The van der Waals surface area contributed by atoms with Crippen LogP contribution in [0.1, 0.15) is 0 Å². The Morgan fingerprint density at radius 3 is 1.36 bits per heavy atom. The van der Waals surface area contributed by atoms with Gasteiger partial charge in [-0.15, -0.1) is 0 Å². The molecule has 2 unspecified atom stereocenters. The Morgan fingerprint density at radius 2 is 1.36 bits per heavy atom. The van der Waals surface area contributed by atoms with Crippen molar-refractivity contribution in [1.29, 1.82) is 0 Å². The van der Waals surface area contributed by atoms with E-state index in [9.17, 15) is 0 Å². The molecule has 0 heterocycles. The smallest absolute Gasteiger partial charge is 0.771 e. The van der Waals surface area contributed by atoms with Crippen LogP contribution in [0, 0.1) is 0 Å². The van der Waals surface area contributed by atoms with Gasteiger partial charge in [-0.3, -0.25) is 4.21 Å². The molecule has 0 aromatic rings. The molecule has 0 aliphatic carbocycles. The maximum atomic E-state index is 9.12. The molecule has 0 aliphatic rings. The van der Waals surface area contributed by atoms with Crippen molar-refractivity contribution >= 4 is 22.4 Å². The number of aliphatic hydroxyl groups excluding tert-OH is 1. The maximum Gasteiger partial charge on any atom is 1.00 e. The van der Waals surface area contributed by atoms with E-state index in [0.29, 0.717) is 0 Å². The van der Waals surface area contributed by atoms with E-state index in [-0.39, 0.29) is 80.9 Å². The molecule has 0 aliphatic heterocycles. The fraction of sp³-hybridized carbons (Fsp3) is 1.00. The zero-order valence-corrected chi connectivity index (χ0v) is 12.8. The summed E-state index contributed by atoms with van der Waals surface area (Å²) in [6, 6.07) is 0. The standard InChI is InChI=1S/CH4O3S.K.Na.H2O3S/c2-1-5(3)4;;;1-4(2)3/h2H,1H2,(H,3,4);;;(H2,1,2,3)/q;2*+1;/p-2.